The van der Waals surface area contributed by atoms with Crippen molar-refractivity contribution in [3.8, 4) is 0 Å². The van der Waals surface area contributed by atoms with Gasteiger partial charge in [-0.1, -0.05) is 0 Å². The van der Waals surface area contributed by atoms with Gasteiger partial charge in [-0.2, -0.15) is 0 Å². The van der Waals surface area contributed by atoms with Gasteiger partial charge in [-0.15, -0.1) is 0 Å². The van der Waals surface area contributed by atoms with Crippen LogP contribution in [0.5, 0.6) is 0 Å². The molecule has 0 aromatic carbocycles. The van der Waals surface area contributed by atoms with Crippen LogP contribution in [-0.4, -0.2) is 36.1 Å². The van der Waals surface area contributed by atoms with E-state index in [-0.39, 0.29) is 18.3 Å². The van der Waals surface area contributed by atoms with Gasteiger partial charge in [0.15, 0.2) is 6.10 Å². The highest BCUT2D eigenvalue weighted by molar-refractivity contribution is 4.88. The minimum atomic E-state index is -0.535. The molecule has 2 aliphatic rings. The highest BCUT2D eigenvalue weighted by Crippen LogP contribution is 2.27. The SMILES string of the molecule is C[C@@H]1OC[C@H]2OOC2C1O. The molecular formula is C6H10O4. The molecule has 4 heteroatoms. The standard InChI is InChI=1S/C6H10O4/c1-3-5(7)6-4(2-8-3)9-10-6/h3-7H,2H2,1H3/t3-,4+,5?,6?/m0/s1. The molecule has 0 radical (unpaired) electrons. The number of ether oxygens (including phenoxy) is 1. The lowest BCUT2D eigenvalue weighted by Gasteiger charge is -2.43. The summed E-state index contributed by atoms with van der Waals surface area (Å²) in [5.41, 5.74) is 0. The summed E-state index contributed by atoms with van der Waals surface area (Å²) in [6.45, 7) is 2.35. The van der Waals surface area contributed by atoms with Gasteiger partial charge < -0.3 is 9.84 Å². The fraction of sp³-hybridized carbons (Fsp3) is 1.00. The van der Waals surface area contributed by atoms with E-state index in [0.29, 0.717) is 6.61 Å². The molecule has 0 aliphatic carbocycles. The number of aliphatic hydroxyl groups is 1. The molecule has 0 saturated carbocycles. The Morgan fingerprint density at radius 1 is 1.40 bits per heavy atom. The zero-order chi connectivity index (χ0) is 7.14. The molecule has 2 heterocycles. The molecule has 2 fully saturated rings. The molecule has 0 bridgehead atoms. The molecule has 0 amide bonds. The highest BCUT2D eigenvalue weighted by atomic mass is 17.3. The number of hydrogen-bond acceptors (Lipinski definition) is 4. The average Bonchev–Trinajstić information content (AvgIpc) is 1.82. The van der Waals surface area contributed by atoms with Crippen LogP contribution in [0.25, 0.3) is 0 Å². The van der Waals surface area contributed by atoms with Crippen LogP contribution in [0.1, 0.15) is 6.92 Å². The molecule has 1 N–H and O–H groups in total. The summed E-state index contributed by atoms with van der Waals surface area (Å²) in [7, 11) is 0. The van der Waals surface area contributed by atoms with E-state index >= 15 is 0 Å². The third-order valence-electron chi connectivity index (χ3n) is 2.00. The van der Waals surface area contributed by atoms with Gasteiger partial charge in [-0.25, -0.2) is 9.78 Å². The van der Waals surface area contributed by atoms with Gasteiger partial charge in [0.05, 0.1) is 12.7 Å². The largest absolute Gasteiger partial charge is 0.387 e. The molecule has 4 nitrogen and oxygen atoms in total. The molecule has 2 aliphatic heterocycles. The summed E-state index contributed by atoms with van der Waals surface area (Å²) < 4.78 is 5.17. The van der Waals surface area contributed by atoms with Crippen molar-refractivity contribution in [3.63, 3.8) is 0 Å². The van der Waals surface area contributed by atoms with E-state index in [2.05, 4.69) is 9.78 Å². The van der Waals surface area contributed by atoms with Gasteiger partial charge >= 0.3 is 0 Å². The van der Waals surface area contributed by atoms with Crippen molar-refractivity contribution in [1.82, 2.24) is 0 Å². The number of aliphatic hydroxyl groups excluding tert-OH is 1. The average molecular weight is 146 g/mol. The van der Waals surface area contributed by atoms with Crippen molar-refractivity contribution in [2.45, 2.75) is 31.3 Å². The van der Waals surface area contributed by atoms with Gasteiger partial charge in [-0.05, 0) is 6.92 Å². The van der Waals surface area contributed by atoms with Crippen LogP contribution < -0.4 is 0 Å². The Morgan fingerprint density at radius 2 is 2.20 bits per heavy atom. The Bertz CT molecular complexity index is 132. The van der Waals surface area contributed by atoms with E-state index in [0.717, 1.165) is 0 Å². The van der Waals surface area contributed by atoms with Crippen molar-refractivity contribution < 1.29 is 19.6 Å². The fourth-order valence-electron chi connectivity index (χ4n) is 1.21. The number of rotatable bonds is 0. The topological polar surface area (TPSA) is 47.9 Å². The zero-order valence-electron chi connectivity index (χ0n) is 5.69. The molecule has 2 unspecified atom stereocenters. The maximum atomic E-state index is 9.34. The normalized spacial score (nSPS) is 53.4. The zero-order valence-corrected chi connectivity index (χ0v) is 5.69. The van der Waals surface area contributed by atoms with E-state index < -0.39 is 6.10 Å². The van der Waals surface area contributed by atoms with E-state index in [1.165, 1.54) is 0 Å². The maximum absolute atomic E-state index is 9.34. The molecule has 0 spiro atoms. The molecule has 2 rings (SSSR count). The van der Waals surface area contributed by atoms with Gasteiger partial charge in [0.1, 0.15) is 12.2 Å². The number of fused-ring (bicyclic) bond motifs is 1. The minimum absolute atomic E-state index is 0.0498. The minimum Gasteiger partial charge on any atom is -0.387 e. The maximum Gasteiger partial charge on any atom is 0.153 e. The Labute approximate surface area is 58.6 Å². The molecule has 0 aromatic heterocycles. The summed E-state index contributed by atoms with van der Waals surface area (Å²) in [6, 6.07) is 0. The van der Waals surface area contributed by atoms with Crippen molar-refractivity contribution in [2.75, 3.05) is 6.61 Å². The molecular weight excluding hydrogens is 136 g/mol. The third-order valence-corrected chi connectivity index (χ3v) is 2.00. The lowest BCUT2D eigenvalue weighted by Crippen LogP contribution is -2.60. The molecule has 0 aromatic rings. The first-order chi connectivity index (χ1) is 4.79. The Morgan fingerprint density at radius 3 is 2.70 bits per heavy atom. The van der Waals surface area contributed by atoms with E-state index in [1.54, 1.807) is 0 Å². The molecule has 10 heavy (non-hydrogen) atoms. The van der Waals surface area contributed by atoms with E-state index in [9.17, 15) is 5.11 Å². The van der Waals surface area contributed by atoms with Crippen LogP contribution in [0.3, 0.4) is 0 Å². The second kappa shape index (κ2) is 2.17. The van der Waals surface area contributed by atoms with Gasteiger partial charge in [0.25, 0.3) is 0 Å². The highest BCUT2D eigenvalue weighted by Gasteiger charge is 2.47. The monoisotopic (exact) mass is 146 g/mol. The first-order valence-corrected chi connectivity index (χ1v) is 3.41. The smallest absolute Gasteiger partial charge is 0.153 e. The fourth-order valence-corrected chi connectivity index (χ4v) is 1.21. The Kier molecular flexibility index (Phi) is 1.42. The van der Waals surface area contributed by atoms with Crippen LogP contribution in [0.4, 0.5) is 0 Å². The van der Waals surface area contributed by atoms with Gasteiger partial charge in [0.2, 0.25) is 0 Å². The quantitative estimate of drug-likeness (QED) is 0.466. The van der Waals surface area contributed by atoms with Crippen LogP contribution in [0.2, 0.25) is 0 Å². The summed E-state index contributed by atoms with van der Waals surface area (Å²) >= 11 is 0. The lowest BCUT2D eigenvalue weighted by atomic mass is 10.0. The summed E-state index contributed by atoms with van der Waals surface area (Å²) in [6.07, 6.45) is -0.882. The summed E-state index contributed by atoms with van der Waals surface area (Å²) in [5.74, 6) is 0. The Balaban J connectivity index is 2.01. The summed E-state index contributed by atoms with van der Waals surface area (Å²) in [4.78, 5) is 9.36. The second-order valence-electron chi connectivity index (χ2n) is 2.72. The van der Waals surface area contributed by atoms with Crippen molar-refractivity contribution in [2.24, 2.45) is 0 Å². The molecule has 4 atom stereocenters. The first-order valence-electron chi connectivity index (χ1n) is 3.41. The second-order valence-corrected chi connectivity index (χ2v) is 2.72. The predicted octanol–water partition coefficient (Wildman–Crippen LogP) is -0.535. The predicted molar refractivity (Wildman–Crippen MR) is 31.2 cm³/mol. The Hall–Kier alpha value is -0.160. The third kappa shape index (κ3) is 0.769. The van der Waals surface area contributed by atoms with E-state index in [4.69, 9.17) is 4.74 Å². The van der Waals surface area contributed by atoms with Crippen LogP contribution in [0, 0.1) is 0 Å². The van der Waals surface area contributed by atoms with Crippen LogP contribution in [0.15, 0.2) is 0 Å². The summed E-state index contributed by atoms with van der Waals surface area (Å²) in [5, 5.41) is 9.34. The lowest BCUT2D eigenvalue weighted by molar-refractivity contribution is -0.497. The van der Waals surface area contributed by atoms with Crippen LogP contribution >= 0.6 is 0 Å². The van der Waals surface area contributed by atoms with Crippen LogP contribution in [-0.2, 0) is 14.5 Å². The van der Waals surface area contributed by atoms with Crippen molar-refractivity contribution in [1.29, 1.82) is 0 Å². The molecule has 2 saturated heterocycles. The van der Waals surface area contributed by atoms with Gasteiger partial charge in [0, 0.05) is 0 Å². The van der Waals surface area contributed by atoms with Crippen molar-refractivity contribution >= 4 is 0 Å². The van der Waals surface area contributed by atoms with E-state index in [1.807, 2.05) is 6.92 Å². The first kappa shape index (κ1) is 6.54. The number of hydrogen-bond donors (Lipinski definition) is 1. The van der Waals surface area contributed by atoms with Crippen molar-refractivity contribution in [3.05, 3.63) is 0 Å². The van der Waals surface area contributed by atoms with Gasteiger partial charge in [-0.3, -0.25) is 0 Å². The molecule has 58 valence electrons.